The molecule has 1 N–H and O–H groups in total. The quantitative estimate of drug-likeness (QED) is 0.734. The number of rotatable bonds is 4. The minimum Gasteiger partial charge on any atom is -0.377 e. The molecule has 0 radical (unpaired) electrons. The first-order chi connectivity index (χ1) is 10.1. The van der Waals surface area contributed by atoms with Gasteiger partial charge < -0.3 is 5.32 Å². The maximum atomic E-state index is 13.4. The van der Waals surface area contributed by atoms with E-state index in [0.29, 0.717) is 5.92 Å². The van der Waals surface area contributed by atoms with Crippen molar-refractivity contribution >= 4 is 17.0 Å². The molecule has 112 valence electrons. The van der Waals surface area contributed by atoms with Crippen LogP contribution in [0.2, 0.25) is 0 Å². The molecule has 1 heterocycles. The Morgan fingerprint density at radius 2 is 1.76 bits per heavy atom. The number of hydrogen-bond acceptors (Lipinski definition) is 2. The van der Waals surface area contributed by atoms with Gasteiger partial charge in [-0.1, -0.05) is 18.9 Å². The minimum atomic E-state index is -1.42. The molecule has 0 spiro atoms. The van der Waals surface area contributed by atoms with Crippen LogP contribution >= 0.6 is 11.3 Å². The first kappa shape index (κ1) is 14.4. The van der Waals surface area contributed by atoms with Crippen LogP contribution in [-0.2, 0) is 0 Å². The Labute approximate surface area is 125 Å². The maximum absolute atomic E-state index is 13.4. The van der Waals surface area contributed by atoms with Gasteiger partial charge in [-0.25, -0.2) is 13.2 Å². The van der Waals surface area contributed by atoms with Gasteiger partial charge in [-0.2, -0.15) is 0 Å². The van der Waals surface area contributed by atoms with Crippen molar-refractivity contribution in [3.8, 4) is 0 Å². The van der Waals surface area contributed by atoms with Gasteiger partial charge in [-0.05, 0) is 30.2 Å². The van der Waals surface area contributed by atoms with Crippen LogP contribution in [0.15, 0.2) is 29.6 Å². The van der Waals surface area contributed by atoms with Gasteiger partial charge in [0.05, 0.1) is 6.04 Å². The van der Waals surface area contributed by atoms with Gasteiger partial charge in [-0.15, -0.1) is 11.3 Å². The van der Waals surface area contributed by atoms with Gasteiger partial charge in [0.15, 0.2) is 17.5 Å². The summed E-state index contributed by atoms with van der Waals surface area (Å²) in [7, 11) is 0. The molecule has 3 rings (SSSR count). The molecule has 0 bridgehead atoms. The average molecular weight is 311 g/mol. The molecule has 0 saturated heterocycles. The molecule has 1 unspecified atom stereocenters. The minimum absolute atomic E-state index is 0.0248. The largest absolute Gasteiger partial charge is 0.377 e. The van der Waals surface area contributed by atoms with Gasteiger partial charge in [-0.3, -0.25) is 0 Å². The van der Waals surface area contributed by atoms with Crippen LogP contribution in [-0.4, -0.2) is 0 Å². The highest BCUT2D eigenvalue weighted by Gasteiger charge is 2.27. The Kier molecular flexibility index (Phi) is 4.19. The summed E-state index contributed by atoms with van der Waals surface area (Å²) in [6, 6.07) is 6.06. The number of thiophene rings is 1. The lowest BCUT2D eigenvalue weighted by Crippen LogP contribution is -2.18. The predicted octanol–water partition coefficient (Wildman–Crippen LogP) is 5.51. The van der Waals surface area contributed by atoms with E-state index in [4.69, 9.17) is 0 Å². The van der Waals surface area contributed by atoms with E-state index in [0.717, 1.165) is 29.9 Å². The molecule has 1 nitrogen and oxygen atoms in total. The molecule has 1 aliphatic rings. The van der Waals surface area contributed by atoms with Crippen LogP contribution in [0.25, 0.3) is 0 Å². The molecular weight excluding hydrogens is 295 g/mol. The smallest absolute Gasteiger partial charge is 0.194 e. The third kappa shape index (κ3) is 3.07. The molecule has 1 atom stereocenters. The molecule has 5 heteroatoms. The fourth-order valence-electron chi connectivity index (χ4n) is 3.00. The van der Waals surface area contributed by atoms with E-state index in [1.807, 2.05) is 17.5 Å². The summed E-state index contributed by atoms with van der Waals surface area (Å²) >= 11 is 1.62. The Hall–Kier alpha value is -1.49. The second kappa shape index (κ2) is 6.10. The number of benzene rings is 1. The van der Waals surface area contributed by atoms with E-state index in [-0.39, 0.29) is 11.7 Å². The molecule has 1 aromatic heterocycles. The van der Waals surface area contributed by atoms with Gasteiger partial charge in [0, 0.05) is 22.7 Å². The summed E-state index contributed by atoms with van der Waals surface area (Å²) in [5.74, 6) is -3.29. The first-order valence-electron chi connectivity index (χ1n) is 7.09. The zero-order valence-corrected chi connectivity index (χ0v) is 12.2. The summed E-state index contributed by atoms with van der Waals surface area (Å²) in [6.45, 7) is 0. The van der Waals surface area contributed by atoms with E-state index in [9.17, 15) is 13.2 Å². The molecule has 1 fully saturated rings. The van der Waals surface area contributed by atoms with Gasteiger partial charge in [0.1, 0.15) is 0 Å². The van der Waals surface area contributed by atoms with Crippen LogP contribution < -0.4 is 5.32 Å². The number of anilines is 1. The van der Waals surface area contributed by atoms with Gasteiger partial charge in [0.25, 0.3) is 0 Å². The van der Waals surface area contributed by atoms with Crippen molar-refractivity contribution in [3.63, 3.8) is 0 Å². The lowest BCUT2D eigenvalue weighted by molar-refractivity contribution is 0.445. The van der Waals surface area contributed by atoms with E-state index in [2.05, 4.69) is 5.32 Å². The van der Waals surface area contributed by atoms with Crippen molar-refractivity contribution in [1.82, 2.24) is 0 Å². The summed E-state index contributed by atoms with van der Waals surface area (Å²) in [5.41, 5.74) is 0.289. The summed E-state index contributed by atoms with van der Waals surface area (Å²) < 4.78 is 39.8. The number of halogens is 3. The Balaban J connectivity index is 1.88. The van der Waals surface area contributed by atoms with Crippen molar-refractivity contribution in [3.05, 3.63) is 52.0 Å². The third-order valence-electron chi connectivity index (χ3n) is 4.03. The molecule has 1 aromatic carbocycles. The topological polar surface area (TPSA) is 12.0 Å². The standard InChI is InChI=1S/C16H16F3NS/c17-12-8-11(9-13(18)15(12)19)20-16(10-4-1-2-5-10)14-6-3-7-21-14/h3,6-10,16,20H,1-2,4-5H2. The van der Waals surface area contributed by atoms with Crippen molar-refractivity contribution < 1.29 is 13.2 Å². The molecule has 2 aromatic rings. The summed E-state index contributed by atoms with van der Waals surface area (Å²) in [5, 5.41) is 5.19. The Bertz CT molecular complexity index is 583. The third-order valence-corrected chi connectivity index (χ3v) is 4.98. The lowest BCUT2D eigenvalue weighted by atomic mass is 9.96. The maximum Gasteiger partial charge on any atom is 0.194 e. The van der Waals surface area contributed by atoms with E-state index in [1.165, 1.54) is 12.8 Å². The predicted molar refractivity (Wildman–Crippen MR) is 79.0 cm³/mol. The fraction of sp³-hybridized carbons (Fsp3) is 0.375. The second-order valence-corrected chi connectivity index (χ2v) is 6.42. The number of nitrogens with one attached hydrogen (secondary N) is 1. The Morgan fingerprint density at radius 3 is 2.33 bits per heavy atom. The number of hydrogen-bond donors (Lipinski definition) is 1. The van der Waals surface area contributed by atoms with Crippen molar-refractivity contribution in [2.45, 2.75) is 31.7 Å². The van der Waals surface area contributed by atoms with E-state index < -0.39 is 17.5 Å². The van der Waals surface area contributed by atoms with Crippen LogP contribution in [0.3, 0.4) is 0 Å². The highest BCUT2D eigenvalue weighted by molar-refractivity contribution is 7.10. The van der Waals surface area contributed by atoms with Crippen molar-refractivity contribution in [1.29, 1.82) is 0 Å². The van der Waals surface area contributed by atoms with Crippen LogP contribution in [0, 0.1) is 23.4 Å². The second-order valence-electron chi connectivity index (χ2n) is 5.44. The van der Waals surface area contributed by atoms with Crippen LogP contribution in [0.1, 0.15) is 36.6 Å². The van der Waals surface area contributed by atoms with Crippen molar-refractivity contribution in [2.75, 3.05) is 5.32 Å². The summed E-state index contributed by atoms with van der Waals surface area (Å²) in [4.78, 5) is 1.15. The molecule has 1 saturated carbocycles. The average Bonchev–Trinajstić information content (AvgIpc) is 3.14. The Morgan fingerprint density at radius 1 is 1.10 bits per heavy atom. The van der Waals surface area contributed by atoms with E-state index >= 15 is 0 Å². The molecule has 21 heavy (non-hydrogen) atoms. The van der Waals surface area contributed by atoms with Crippen molar-refractivity contribution in [2.24, 2.45) is 5.92 Å². The molecule has 1 aliphatic carbocycles. The zero-order chi connectivity index (χ0) is 14.8. The van der Waals surface area contributed by atoms with Gasteiger partial charge in [0.2, 0.25) is 0 Å². The van der Waals surface area contributed by atoms with Crippen LogP contribution in [0.4, 0.5) is 18.9 Å². The normalized spacial score (nSPS) is 17.1. The zero-order valence-electron chi connectivity index (χ0n) is 11.4. The fourth-order valence-corrected chi connectivity index (χ4v) is 3.87. The molecule has 0 aliphatic heterocycles. The first-order valence-corrected chi connectivity index (χ1v) is 7.97. The van der Waals surface area contributed by atoms with E-state index in [1.54, 1.807) is 11.3 Å². The van der Waals surface area contributed by atoms with Crippen LogP contribution in [0.5, 0.6) is 0 Å². The highest BCUT2D eigenvalue weighted by Crippen LogP contribution is 2.39. The molecule has 0 amide bonds. The monoisotopic (exact) mass is 311 g/mol. The lowest BCUT2D eigenvalue weighted by Gasteiger charge is -2.25. The SMILES string of the molecule is Fc1cc(NC(c2cccs2)C2CCCC2)cc(F)c1F. The van der Waals surface area contributed by atoms with Gasteiger partial charge >= 0.3 is 0 Å². The highest BCUT2D eigenvalue weighted by atomic mass is 32.1. The molecular formula is C16H16F3NS. The summed E-state index contributed by atoms with van der Waals surface area (Å²) in [6.07, 6.45) is 4.56.